The fraction of sp³-hybridized carbons (Fsp3) is 0.533. The van der Waals surface area contributed by atoms with Gasteiger partial charge in [-0.3, -0.25) is 4.99 Å². The lowest BCUT2D eigenvalue weighted by atomic mass is 9.96. The number of guanidine groups is 1. The summed E-state index contributed by atoms with van der Waals surface area (Å²) in [6.45, 7) is 0.302. The van der Waals surface area contributed by atoms with Crippen LogP contribution >= 0.6 is 0 Å². The Morgan fingerprint density at radius 1 is 1.14 bits per heavy atom. The number of aliphatic imine (C=N–C) groups is 1. The molecule has 1 aromatic rings. The summed E-state index contributed by atoms with van der Waals surface area (Å²) >= 11 is 0. The number of nitrogens with one attached hydrogen (secondary N) is 1. The highest BCUT2D eigenvalue weighted by Crippen LogP contribution is 2.17. The van der Waals surface area contributed by atoms with E-state index in [1.165, 1.54) is 19.3 Å². The zero-order valence-corrected chi connectivity index (χ0v) is 11.8. The fourth-order valence-electron chi connectivity index (χ4n) is 2.56. The second kappa shape index (κ2) is 7.33. The molecule has 0 radical (unpaired) electrons. The first-order chi connectivity index (χ1) is 10.1. The van der Waals surface area contributed by atoms with Crippen LogP contribution in [0, 0.1) is 17.5 Å². The van der Waals surface area contributed by atoms with Crippen molar-refractivity contribution in [3.63, 3.8) is 0 Å². The molecular weight excluding hydrogens is 279 g/mol. The lowest BCUT2D eigenvalue weighted by Crippen LogP contribution is -2.41. The molecule has 3 N–H and O–H groups in total. The second-order valence-corrected chi connectivity index (χ2v) is 5.37. The quantitative estimate of drug-likeness (QED) is 0.510. The Labute approximate surface area is 122 Å². The molecular formula is C15H20F3N3. The molecule has 1 fully saturated rings. The molecule has 0 spiro atoms. The summed E-state index contributed by atoms with van der Waals surface area (Å²) in [6, 6.07) is 2.33. The number of nitrogens with zero attached hydrogens (tertiary/aromatic N) is 1. The first-order valence-electron chi connectivity index (χ1n) is 7.26. The van der Waals surface area contributed by atoms with Gasteiger partial charge in [-0.1, -0.05) is 19.3 Å². The third-order valence-electron chi connectivity index (χ3n) is 3.68. The van der Waals surface area contributed by atoms with E-state index in [1.54, 1.807) is 0 Å². The van der Waals surface area contributed by atoms with E-state index in [1.807, 2.05) is 0 Å². The van der Waals surface area contributed by atoms with E-state index in [0.29, 0.717) is 30.5 Å². The Morgan fingerprint density at radius 2 is 1.76 bits per heavy atom. The maximum atomic E-state index is 13.0. The molecule has 0 unspecified atom stereocenters. The highest BCUT2D eigenvalue weighted by atomic mass is 19.2. The number of benzene rings is 1. The van der Waals surface area contributed by atoms with Crippen molar-refractivity contribution in [2.24, 2.45) is 10.7 Å². The lowest BCUT2D eigenvalue weighted by molar-refractivity contribution is 0.412. The van der Waals surface area contributed by atoms with Crippen LogP contribution in [-0.4, -0.2) is 18.5 Å². The van der Waals surface area contributed by atoms with Crippen molar-refractivity contribution in [1.82, 2.24) is 5.32 Å². The molecule has 0 saturated heterocycles. The number of hydrogen-bond donors (Lipinski definition) is 2. The predicted molar refractivity (Wildman–Crippen MR) is 76.5 cm³/mol. The Bertz CT molecular complexity index is 488. The van der Waals surface area contributed by atoms with Gasteiger partial charge in [0, 0.05) is 12.6 Å². The van der Waals surface area contributed by atoms with Gasteiger partial charge in [-0.2, -0.15) is 0 Å². The molecule has 6 heteroatoms. The van der Waals surface area contributed by atoms with Crippen LogP contribution < -0.4 is 11.1 Å². The molecule has 0 heterocycles. The molecule has 1 aliphatic carbocycles. The molecule has 0 atom stereocenters. The van der Waals surface area contributed by atoms with E-state index < -0.39 is 17.5 Å². The Morgan fingerprint density at radius 3 is 2.38 bits per heavy atom. The fourth-order valence-corrected chi connectivity index (χ4v) is 2.56. The number of rotatable bonds is 4. The van der Waals surface area contributed by atoms with Gasteiger partial charge in [0.2, 0.25) is 0 Å². The molecule has 1 aliphatic rings. The maximum absolute atomic E-state index is 13.0. The van der Waals surface area contributed by atoms with E-state index in [-0.39, 0.29) is 0 Å². The highest BCUT2D eigenvalue weighted by Gasteiger charge is 2.13. The minimum Gasteiger partial charge on any atom is -0.370 e. The summed E-state index contributed by atoms with van der Waals surface area (Å²) in [5.74, 6) is -3.45. The zero-order chi connectivity index (χ0) is 15.2. The van der Waals surface area contributed by atoms with Crippen molar-refractivity contribution in [1.29, 1.82) is 0 Å². The van der Waals surface area contributed by atoms with Gasteiger partial charge >= 0.3 is 0 Å². The molecule has 0 amide bonds. The van der Waals surface area contributed by atoms with Gasteiger partial charge in [-0.05, 0) is 37.0 Å². The van der Waals surface area contributed by atoms with Crippen molar-refractivity contribution in [2.75, 3.05) is 6.54 Å². The van der Waals surface area contributed by atoms with Crippen LogP contribution in [0.25, 0.3) is 0 Å². The Hall–Kier alpha value is -1.72. The summed E-state index contributed by atoms with van der Waals surface area (Å²) in [6.07, 6.45) is 6.13. The molecule has 2 rings (SSSR count). The second-order valence-electron chi connectivity index (χ2n) is 5.37. The van der Waals surface area contributed by atoms with Gasteiger partial charge in [-0.25, -0.2) is 13.2 Å². The van der Waals surface area contributed by atoms with Gasteiger partial charge in [0.1, 0.15) is 0 Å². The molecule has 21 heavy (non-hydrogen) atoms. The SMILES string of the molecule is NC(=NCCc1cc(F)c(F)c(F)c1)NC1CCCCC1. The molecule has 3 nitrogen and oxygen atoms in total. The van der Waals surface area contributed by atoms with Crippen LogP contribution in [0.1, 0.15) is 37.7 Å². The molecule has 1 saturated carbocycles. The van der Waals surface area contributed by atoms with Gasteiger partial charge < -0.3 is 11.1 Å². The van der Waals surface area contributed by atoms with Crippen LogP contribution in [-0.2, 0) is 6.42 Å². The van der Waals surface area contributed by atoms with Crippen LogP contribution in [0.5, 0.6) is 0 Å². The number of hydrogen-bond acceptors (Lipinski definition) is 1. The van der Waals surface area contributed by atoms with Crippen molar-refractivity contribution >= 4 is 5.96 Å². The lowest BCUT2D eigenvalue weighted by Gasteiger charge is -2.23. The van der Waals surface area contributed by atoms with Gasteiger partial charge in [0.15, 0.2) is 23.4 Å². The Kier molecular flexibility index (Phi) is 5.47. The minimum atomic E-state index is -1.44. The Balaban J connectivity index is 1.83. The zero-order valence-electron chi connectivity index (χ0n) is 11.8. The smallest absolute Gasteiger partial charge is 0.194 e. The van der Waals surface area contributed by atoms with E-state index in [9.17, 15) is 13.2 Å². The van der Waals surface area contributed by atoms with E-state index in [2.05, 4.69) is 10.3 Å². The van der Waals surface area contributed by atoms with Gasteiger partial charge in [-0.15, -0.1) is 0 Å². The van der Waals surface area contributed by atoms with E-state index >= 15 is 0 Å². The monoisotopic (exact) mass is 299 g/mol. The standard InChI is InChI=1S/C15H20F3N3/c16-12-8-10(9-13(17)14(12)18)6-7-20-15(19)21-11-4-2-1-3-5-11/h8-9,11H,1-7H2,(H3,19,20,21). The highest BCUT2D eigenvalue weighted by molar-refractivity contribution is 5.78. The van der Waals surface area contributed by atoms with Gasteiger partial charge in [0.05, 0.1) is 0 Å². The van der Waals surface area contributed by atoms with Gasteiger partial charge in [0.25, 0.3) is 0 Å². The third kappa shape index (κ3) is 4.65. The topological polar surface area (TPSA) is 50.4 Å². The van der Waals surface area contributed by atoms with Crippen LogP contribution in [0.2, 0.25) is 0 Å². The van der Waals surface area contributed by atoms with Crippen LogP contribution in [0.15, 0.2) is 17.1 Å². The van der Waals surface area contributed by atoms with E-state index in [4.69, 9.17) is 5.73 Å². The maximum Gasteiger partial charge on any atom is 0.194 e. The molecule has 1 aromatic carbocycles. The van der Waals surface area contributed by atoms with Crippen LogP contribution in [0.4, 0.5) is 13.2 Å². The number of halogens is 3. The molecule has 116 valence electrons. The largest absolute Gasteiger partial charge is 0.370 e. The summed E-state index contributed by atoms with van der Waals surface area (Å²) in [5.41, 5.74) is 6.15. The first-order valence-corrected chi connectivity index (χ1v) is 7.26. The molecule has 0 aliphatic heterocycles. The third-order valence-corrected chi connectivity index (χ3v) is 3.68. The summed E-state index contributed by atoms with van der Waals surface area (Å²) < 4.78 is 38.9. The van der Waals surface area contributed by atoms with Crippen molar-refractivity contribution in [3.05, 3.63) is 35.1 Å². The minimum absolute atomic E-state index is 0.302. The predicted octanol–water partition coefficient (Wildman–Crippen LogP) is 2.88. The first kappa shape index (κ1) is 15.7. The summed E-state index contributed by atoms with van der Waals surface area (Å²) in [5, 5.41) is 3.16. The average Bonchev–Trinajstić information content (AvgIpc) is 2.45. The summed E-state index contributed by atoms with van der Waals surface area (Å²) in [7, 11) is 0. The molecule has 0 aromatic heterocycles. The van der Waals surface area contributed by atoms with Crippen molar-refractivity contribution in [3.8, 4) is 0 Å². The van der Waals surface area contributed by atoms with E-state index in [0.717, 1.165) is 25.0 Å². The van der Waals surface area contributed by atoms with Crippen molar-refractivity contribution < 1.29 is 13.2 Å². The molecule has 0 bridgehead atoms. The van der Waals surface area contributed by atoms with Crippen LogP contribution in [0.3, 0.4) is 0 Å². The summed E-state index contributed by atoms with van der Waals surface area (Å²) in [4.78, 5) is 4.14. The van der Waals surface area contributed by atoms with Crippen molar-refractivity contribution in [2.45, 2.75) is 44.6 Å². The average molecular weight is 299 g/mol. The number of nitrogens with two attached hydrogens (primary N) is 1. The normalized spacial score (nSPS) is 17.0.